The summed E-state index contributed by atoms with van der Waals surface area (Å²) in [5.41, 5.74) is 4.77. The second-order valence-corrected chi connectivity index (χ2v) is 8.99. The Balaban J connectivity index is 1.20. The van der Waals surface area contributed by atoms with Crippen molar-refractivity contribution in [3.63, 3.8) is 0 Å². The van der Waals surface area contributed by atoms with E-state index >= 15 is 0 Å². The van der Waals surface area contributed by atoms with E-state index in [2.05, 4.69) is 20.9 Å². The number of fused-ring (bicyclic) bond motifs is 2. The number of benzene rings is 2. The molecule has 0 saturated carbocycles. The van der Waals surface area contributed by atoms with Gasteiger partial charge >= 0.3 is 0 Å². The van der Waals surface area contributed by atoms with Crippen LogP contribution in [0.25, 0.3) is 5.69 Å². The van der Waals surface area contributed by atoms with E-state index in [-0.39, 0.29) is 36.4 Å². The molecule has 4 amide bonds. The molecule has 3 aliphatic rings. The van der Waals surface area contributed by atoms with Crippen LogP contribution in [0.2, 0.25) is 0 Å². The fraction of sp³-hybridized carbons (Fsp3) is 0.280. The molecule has 6 rings (SSSR count). The van der Waals surface area contributed by atoms with Gasteiger partial charge in [-0.15, -0.1) is 5.10 Å². The highest BCUT2D eigenvalue weighted by Gasteiger charge is 2.39. The van der Waals surface area contributed by atoms with Gasteiger partial charge in [-0.2, -0.15) is 0 Å². The lowest BCUT2D eigenvalue weighted by Gasteiger charge is -2.29. The molecule has 11 nitrogen and oxygen atoms in total. The summed E-state index contributed by atoms with van der Waals surface area (Å²) in [6.45, 7) is 1.42. The smallest absolute Gasteiger partial charge is 0.277 e. The Hall–Kier alpha value is -4.38. The van der Waals surface area contributed by atoms with E-state index in [0.29, 0.717) is 30.9 Å². The van der Waals surface area contributed by atoms with Crippen LogP contribution in [0.15, 0.2) is 42.6 Å². The first kappa shape index (κ1) is 22.1. The third-order valence-corrected chi connectivity index (χ3v) is 6.78. The van der Waals surface area contributed by atoms with Gasteiger partial charge in [-0.1, -0.05) is 23.4 Å². The summed E-state index contributed by atoms with van der Waals surface area (Å²) in [5.74, 6) is -1.44. The van der Waals surface area contributed by atoms with Crippen molar-refractivity contribution in [1.29, 1.82) is 0 Å². The maximum Gasteiger partial charge on any atom is 0.277 e. The van der Waals surface area contributed by atoms with Crippen molar-refractivity contribution in [2.45, 2.75) is 38.5 Å². The summed E-state index contributed by atoms with van der Waals surface area (Å²) < 4.78 is 6.92. The largest absolute Gasteiger partial charge is 0.376 e. The number of anilines is 1. The SMILES string of the molecule is O=C1CCC(N2Cc3ccc(-n4cc(C(=O)Nc5cccc6c5CCOC6)nn4)cc3C2=O)C(=O)N1. The molecule has 182 valence electrons. The summed E-state index contributed by atoms with van der Waals surface area (Å²) in [5, 5.41) is 13.3. The van der Waals surface area contributed by atoms with Crippen LogP contribution in [0.3, 0.4) is 0 Å². The fourth-order valence-corrected chi connectivity index (χ4v) is 4.90. The average molecular weight is 486 g/mol. The van der Waals surface area contributed by atoms with Gasteiger partial charge in [0.05, 0.1) is 25.1 Å². The monoisotopic (exact) mass is 486 g/mol. The van der Waals surface area contributed by atoms with E-state index in [1.165, 1.54) is 15.8 Å². The third kappa shape index (κ3) is 3.83. The van der Waals surface area contributed by atoms with Crippen molar-refractivity contribution in [3.8, 4) is 5.69 Å². The number of amides is 4. The van der Waals surface area contributed by atoms with Crippen molar-refractivity contribution in [2.75, 3.05) is 11.9 Å². The van der Waals surface area contributed by atoms with Crippen molar-refractivity contribution < 1.29 is 23.9 Å². The van der Waals surface area contributed by atoms with E-state index in [9.17, 15) is 19.2 Å². The second kappa shape index (κ2) is 8.68. The van der Waals surface area contributed by atoms with E-state index in [1.807, 2.05) is 18.2 Å². The summed E-state index contributed by atoms with van der Waals surface area (Å²) >= 11 is 0. The zero-order valence-electron chi connectivity index (χ0n) is 19.2. The molecular formula is C25H22N6O5. The van der Waals surface area contributed by atoms with Crippen molar-refractivity contribution in [1.82, 2.24) is 25.2 Å². The minimum Gasteiger partial charge on any atom is -0.376 e. The average Bonchev–Trinajstić information content (AvgIpc) is 3.50. The lowest BCUT2D eigenvalue weighted by atomic mass is 10.0. The highest BCUT2D eigenvalue weighted by molar-refractivity contribution is 6.06. The lowest BCUT2D eigenvalue weighted by Crippen LogP contribution is -2.52. The molecule has 11 heteroatoms. The van der Waals surface area contributed by atoms with Crippen LogP contribution in [-0.2, 0) is 33.9 Å². The standard InChI is InChI=1S/C25H22N6O5/c32-22-7-6-21(24(34)27-22)30-11-14-4-5-16(10-18(14)25(30)35)31-12-20(28-29-31)23(33)26-19-3-1-2-15-13-36-9-8-17(15)19/h1-5,10,12,21H,6-9,11,13H2,(H,26,33)(H,27,32,34). The Morgan fingerprint density at radius 3 is 2.86 bits per heavy atom. The summed E-state index contributed by atoms with van der Waals surface area (Å²) in [6, 6.07) is 10.3. The molecule has 2 aromatic carbocycles. The number of nitrogens with one attached hydrogen (secondary N) is 2. The maximum absolute atomic E-state index is 13.1. The number of carbonyl (C=O) groups is 4. The van der Waals surface area contributed by atoms with Gasteiger partial charge in [-0.3, -0.25) is 24.5 Å². The normalized spacial score (nSPS) is 19.1. The van der Waals surface area contributed by atoms with E-state index in [1.54, 1.807) is 18.2 Å². The predicted octanol–water partition coefficient (Wildman–Crippen LogP) is 1.35. The van der Waals surface area contributed by atoms with Crippen LogP contribution in [-0.4, -0.2) is 56.2 Å². The number of carbonyl (C=O) groups excluding carboxylic acids is 4. The zero-order valence-corrected chi connectivity index (χ0v) is 19.2. The van der Waals surface area contributed by atoms with Gasteiger partial charge in [0.25, 0.3) is 11.8 Å². The van der Waals surface area contributed by atoms with Crippen LogP contribution in [0.1, 0.15) is 50.4 Å². The molecule has 1 unspecified atom stereocenters. The van der Waals surface area contributed by atoms with E-state index in [4.69, 9.17) is 4.74 Å². The number of aromatic nitrogens is 3. The Morgan fingerprint density at radius 2 is 2.00 bits per heavy atom. The molecular weight excluding hydrogens is 464 g/mol. The molecule has 1 atom stereocenters. The first-order valence-electron chi connectivity index (χ1n) is 11.7. The minimum atomic E-state index is -0.678. The molecule has 1 saturated heterocycles. The predicted molar refractivity (Wildman–Crippen MR) is 125 cm³/mol. The molecule has 0 radical (unpaired) electrons. The van der Waals surface area contributed by atoms with Gasteiger partial charge in [0.15, 0.2) is 5.69 Å². The summed E-state index contributed by atoms with van der Waals surface area (Å²) in [4.78, 5) is 51.2. The highest BCUT2D eigenvalue weighted by atomic mass is 16.5. The highest BCUT2D eigenvalue weighted by Crippen LogP contribution is 2.29. The number of imide groups is 1. The molecule has 2 N–H and O–H groups in total. The Labute approximate surface area is 205 Å². The summed E-state index contributed by atoms with van der Waals surface area (Å²) in [6.07, 6.45) is 2.73. The van der Waals surface area contributed by atoms with Gasteiger partial charge in [0.1, 0.15) is 6.04 Å². The van der Waals surface area contributed by atoms with Gasteiger partial charge < -0.3 is 15.0 Å². The molecule has 0 aliphatic carbocycles. The Kier molecular flexibility index (Phi) is 5.33. The topological polar surface area (TPSA) is 136 Å². The zero-order chi connectivity index (χ0) is 24.8. The molecule has 0 spiro atoms. The number of nitrogens with zero attached hydrogens (tertiary/aromatic N) is 4. The molecule has 0 bridgehead atoms. The van der Waals surface area contributed by atoms with E-state index in [0.717, 1.165) is 28.8 Å². The van der Waals surface area contributed by atoms with Gasteiger partial charge in [-0.05, 0) is 47.7 Å². The molecule has 3 aromatic rings. The molecule has 1 fully saturated rings. The van der Waals surface area contributed by atoms with Crippen molar-refractivity contribution in [2.24, 2.45) is 0 Å². The van der Waals surface area contributed by atoms with E-state index < -0.39 is 11.9 Å². The van der Waals surface area contributed by atoms with Crippen LogP contribution in [0, 0.1) is 0 Å². The van der Waals surface area contributed by atoms with Crippen LogP contribution in [0.5, 0.6) is 0 Å². The minimum absolute atomic E-state index is 0.136. The first-order valence-corrected chi connectivity index (χ1v) is 11.7. The van der Waals surface area contributed by atoms with Gasteiger partial charge in [-0.25, -0.2) is 4.68 Å². The Morgan fingerprint density at radius 1 is 1.11 bits per heavy atom. The Bertz CT molecular complexity index is 1430. The quantitative estimate of drug-likeness (QED) is 0.532. The molecule has 36 heavy (non-hydrogen) atoms. The number of hydrogen-bond acceptors (Lipinski definition) is 7. The third-order valence-electron chi connectivity index (χ3n) is 6.78. The molecule has 1 aromatic heterocycles. The second-order valence-electron chi connectivity index (χ2n) is 8.99. The van der Waals surface area contributed by atoms with Gasteiger partial charge in [0.2, 0.25) is 11.8 Å². The van der Waals surface area contributed by atoms with Gasteiger partial charge in [0, 0.05) is 24.2 Å². The lowest BCUT2D eigenvalue weighted by molar-refractivity contribution is -0.136. The van der Waals surface area contributed by atoms with Crippen molar-refractivity contribution >= 4 is 29.3 Å². The van der Waals surface area contributed by atoms with Crippen LogP contribution < -0.4 is 10.6 Å². The first-order chi connectivity index (χ1) is 17.5. The summed E-state index contributed by atoms with van der Waals surface area (Å²) in [7, 11) is 0. The number of rotatable bonds is 4. The van der Waals surface area contributed by atoms with Crippen LogP contribution in [0.4, 0.5) is 5.69 Å². The molecule has 3 aliphatic heterocycles. The number of hydrogen-bond donors (Lipinski definition) is 2. The number of piperidine rings is 1. The maximum atomic E-state index is 13.1. The van der Waals surface area contributed by atoms with Crippen LogP contribution >= 0.6 is 0 Å². The molecule has 4 heterocycles. The number of ether oxygens (including phenoxy) is 1. The van der Waals surface area contributed by atoms with Crippen molar-refractivity contribution in [3.05, 3.63) is 70.5 Å². The fourth-order valence-electron chi connectivity index (χ4n) is 4.90.